The van der Waals surface area contributed by atoms with Crippen molar-refractivity contribution in [3.05, 3.63) is 71.8 Å². The molecule has 10 heteroatoms. The molecule has 1 saturated carbocycles. The summed E-state index contributed by atoms with van der Waals surface area (Å²) in [5.74, 6) is 1.58. The second kappa shape index (κ2) is 9.84. The molecule has 2 aliphatic rings. The van der Waals surface area contributed by atoms with E-state index in [4.69, 9.17) is 4.74 Å². The van der Waals surface area contributed by atoms with Crippen molar-refractivity contribution in [2.24, 2.45) is 0 Å². The molecular weight excluding hydrogens is 473 g/mol. The average Bonchev–Trinajstić information content (AvgIpc) is 3.69. The number of H-pyrrole nitrogens is 1. The van der Waals surface area contributed by atoms with E-state index in [1.165, 1.54) is 6.07 Å². The van der Waals surface area contributed by atoms with Gasteiger partial charge in [0.25, 0.3) is 5.91 Å². The second-order valence-electron chi connectivity index (χ2n) is 9.90. The Morgan fingerprint density at radius 2 is 2.03 bits per heavy atom. The summed E-state index contributed by atoms with van der Waals surface area (Å²) in [5.41, 5.74) is 3.12. The lowest BCUT2D eigenvalue weighted by atomic mass is 9.85. The molecule has 2 fully saturated rings. The molecular formula is C27H30FN7O2. The first kappa shape index (κ1) is 23.4. The van der Waals surface area contributed by atoms with Crippen molar-refractivity contribution in [3.8, 4) is 5.75 Å². The number of pyridine rings is 1. The SMILES string of the molecule is COc1ccc(F)cc1[C@H]1CCCN1c1ccn2ncc(C(=O)NC3CCC(c4ncn[nH]4)CC3)c2c1. The molecule has 6 rings (SSSR count). The molecule has 1 amide bonds. The van der Waals surface area contributed by atoms with Crippen molar-refractivity contribution in [2.75, 3.05) is 18.6 Å². The van der Waals surface area contributed by atoms with E-state index in [1.54, 1.807) is 36.3 Å². The Labute approximate surface area is 214 Å². The summed E-state index contributed by atoms with van der Waals surface area (Å²) >= 11 is 0. The van der Waals surface area contributed by atoms with E-state index >= 15 is 0 Å². The van der Waals surface area contributed by atoms with Crippen molar-refractivity contribution < 1.29 is 13.9 Å². The summed E-state index contributed by atoms with van der Waals surface area (Å²) in [7, 11) is 1.61. The number of ether oxygens (including phenoxy) is 1. The van der Waals surface area contributed by atoms with E-state index < -0.39 is 0 Å². The molecule has 0 spiro atoms. The van der Waals surface area contributed by atoms with Crippen LogP contribution in [0.4, 0.5) is 10.1 Å². The topological polar surface area (TPSA) is 100 Å². The van der Waals surface area contributed by atoms with Gasteiger partial charge in [-0.3, -0.25) is 9.89 Å². The average molecular weight is 504 g/mol. The minimum atomic E-state index is -0.275. The Hall–Kier alpha value is -3.95. The highest BCUT2D eigenvalue weighted by molar-refractivity contribution is 6.01. The third-order valence-electron chi connectivity index (χ3n) is 7.77. The number of hydrogen-bond acceptors (Lipinski definition) is 6. The number of fused-ring (bicyclic) bond motifs is 1. The molecule has 9 nitrogen and oxygen atoms in total. The minimum Gasteiger partial charge on any atom is -0.496 e. The summed E-state index contributed by atoms with van der Waals surface area (Å²) in [4.78, 5) is 19.8. The van der Waals surface area contributed by atoms with Gasteiger partial charge in [0.1, 0.15) is 23.7 Å². The molecule has 1 atom stereocenters. The minimum absolute atomic E-state index is 0.00663. The largest absolute Gasteiger partial charge is 0.496 e. The van der Waals surface area contributed by atoms with Crippen molar-refractivity contribution in [1.82, 2.24) is 30.1 Å². The lowest BCUT2D eigenvalue weighted by Crippen LogP contribution is -2.37. The number of benzene rings is 1. The van der Waals surface area contributed by atoms with E-state index in [2.05, 4.69) is 30.5 Å². The lowest BCUT2D eigenvalue weighted by Gasteiger charge is -2.28. The highest BCUT2D eigenvalue weighted by Crippen LogP contribution is 2.40. The van der Waals surface area contributed by atoms with Gasteiger partial charge in [-0.25, -0.2) is 13.9 Å². The number of carbonyl (C=O) groups excluding carboxylic acids is 1. The van der Waals surface area contributed by atoms with Crippen LogP contribution in [-0.2, 0) is 0 Å². The molecule has 0 radical (unpaired) electrons. The summed E-state index contributed by atoms with van der Waals surface area (Å²) in [6, 6.07) is 8.79. The fourth-order valence-electron chi connectivity index (χ4n) is 5.87. The van der Waals surface area contributed by atoms with Crippen LogP contribution in [0.2, 0.25) is 0 Å². The zero-order valence-electron chi connectivity index (χ0n) is 20.7. The third kappa shape index (κ3) is 4.52. The van der Waals surface area contributed by atoms with Crippen LogP contribution in [0, 0.1) is 5.82 Å². The van der Waals surface area contributed by atoms with Gasteiger partial charge < -0.3 is 15.0 Å². The third-order valence-corrected chi connectivity index (χ3v) is 7.77. The molecule has 0 unspecified atom stereocenters. The number of methoxy groups -OCH3 is 1. The van der Waals surface area contributed by atoms with Crippen LogP contribution in [0.5, 0.6) is 5.75 Å². The quantitative estimate of drug-likeness (QED) is 0.405. The molecule has 1 aliphatic heterocycles. The molecule has 3 aromatic heterocycles. The van der Waals surface area contributed by atoms with Gasteiger partial charge in [-0.2, -0.15) is 10.2 Å². The van der Waals surface area contributed by atoms with E-state index in [-0.39, 0.29) is 23.8 Å². The first-order valence-electron chi connectivity index (χ1n) is 12.8. The Kier molecular flexibility index (Phi) is 6.23. The van der Waals surface area contributed by atoms with Crippen LogP contribution in [-0.4, -0.2) is 50.4 Å². The van der Waals surface area contributed by atoms with Crippen LogP contribution in [0.3, 0.4) is 0 Å². The molecule has 192 valence electrons. The van der Waals surface area contributed by atoms with Gasteiger partial charge in [-0.05, 0) is 68.9 Å². The number of hydrogen-bond donors (Lipinski definition) is 2. The van der Waals surface area contributed by atoms with Gasteiger partial charge in [-0.15, -0.1) is 0 Å². The van der Waals surface area contributed by atoms with Gasteiger partial charge in [0.2, 0.25) is 0 Å². The Balaban J connectivity index is 1.20. The van der Waals surface area contributed by atoms with Crippen LogP contribution in [0.1, 0.15) is 72.2 Å². The molecule has 37 heavy (non-hydrogen) atoms. The van der Waals surface area contributed by atoms with Crippen LogP contribution < -0.4 is 15.0 Å². The van der Waals surface area contributed by atoms with E-state index in [1.807, 2.05) is 18.3 Å². The number of anilines is 1. The highest BCUT2D eigenvalue weighted by Gasteiger charge is 2.30. The zero-order chi connectivity index (χ0) is 25.4. The summed E-state index contributed by atoms with van der Waals surface area (Å²) in [5, 5.41) is 14.5. The fraction of sp³-hybridized carbons (Fsp3) is 0.407. The Morgan fingerprint density at radius 3 is 2.81 bits per heavy atom. The molecule has 1 saturated heterocycles. The summed E-state index contributed by atoms with van der Waals surface area (Å²) < 4.78 is 21.4. The van der Waals surface area contributed by atoms with Gasteiger partial charge in [0.15, 0.2) is 0 Å². The molecule has 0 bridgehead atoms. The predicted octanol–water partition coefficient (Wildman–Crippen LogP) is 4.40. The fourth-order valence-corrected chi connectivity index (χ4v) is 5.87. The van der Waals surface area contributed by atoms with E-state index in [0.717, 1.165) is 67.7 Å². The number of nitrogens with zero attached hydrogens (tertiary/aromatic N) is 5. The number of aromatic amines is 1. The van der Waals surface area contributed by atoms with Crippen LogP contribution in [0.25, 0.3) is 5.52 Å². The number of aromatic nitrogens is 5. The van der Waals surface area contributed by atoms with Crippen LogP contribution >= 0.6 is 0 Å². The van der Waals surface area contributed by atoms with Gasteiger partial charge >= 0.3 is 0 Å². The summed E-state index contributed by atoms with van der Waals surface area (Å²) in [6.45, 7) is 0.838. The molecule has 2 N–H and O–H groups in total. The van der Waals surface area contributed by atoms with E-state index in [0.29, 0.717) is 17.2 Å². The Morgan fingerprint density at radius 1 is 1.16 bits per heavy atom. The van der Waals surface area contributed by atoms with Gasteiger partial charge in [0.05, 0.1) is 30.4 Å². The maximum atomic E-state index is 14.1. The second-order valence-corrected chi connectivity index (χ2v) is 9.90. The maximum absolute atomic E-state index is 14.1. The van der Waals surface area contributed by atoms with Crippen LogP contribution in [0.15, 0.2) is 49.1 Å². The summed E-state index contributed by atoms with van der Waals surface area (Å²) in [6.07, 6.45) is 10.6. The number of rotatable bonds is 6. The maximum Gasteiger partial charge on any atom is 0.255 e. The number of carbonyl (C=O) groups is 1. The van der Waals surface area contributed by atoms with Crippen molar-refractivity contribution >= 4 is 17.1 Å². The molecule has 1 aromatic carbocycles. The number of nitrogens with one attached hydrogen (secondary N) is 2. The van der Waals surface area contributed by atoms with Gasteiger partial charge in [-0.1, -0.05) is 0 Å². The lowest BCUT2D eigenvalue weighted by molar-refractivity contribution is 0.0927. The van der Waals surface area contributed by atoms with Crippen molar-refractivity contribution in [3.63, 3.8) is 0 Å². The Bertz CT molecular complexity index is 1400. The molecule has 4 heterocycles. The predicted molar refractivity (Wildman–Crippen MR) is 136 cm³/mol. The number of amides is 1. The van der Waals surface area contributed by atoms with E-state index in [9.17, 15) is 9.18 Å². The van der Waals surface area contributed by atoms with Crippen molar-refractivity contribution in [2.45, 2.75) is 56.5 Å². The van der Waals surface area contributed by atoms with Gasteiger partial charge in [0, 0.05) is 36.0 Å². The zero-order valence-corrected chi connectivity index (χ0v) is 20.7. The first-order chi connectivity index (χ1) is 18.1. The number of halogens is 1. The smallest absolute Gasteiger partial charge is 0.255 e. The van der Waals surface area contributed by atoms with Crippen molar-refractivity contribution in [1.29, 1.82) is 0 Å². The molecule has 4 aromatic rings. The standard InChI is InChI=1S/C27H30FN7O2/c1-37-25-9-6-18(28)13-21(25)23-3-2-11-34(23)20-10-12-35-24(14-20)22(15-31-35)27(36)32-19-7-4-17(5-8-19)26-29-16-30-33-26/h6,9-10,12-17,19,23H,2-5,7-8,11H2,1H3,(H,32,36)(H,29,30,33)/t17?,19?,23-/m1/s1. The monoisotopic (exact) mass is 503 g/mol. The molecule has 1 aliphatic carbocycles. The first-order valence-corrected chi connectivity index (χ1v) is 12.8. The highest BCUT2D eigenvalue weighted by atomic mass is 19.1. The normalized spacial score (nSPS) is 21.9.